The summed E-state index contributed by atoms with van der Waals surface area (Å²) in [5.74, 6) is 1.72. The van der Waals surface area contributed by atoms with E-state index in [4.69, 9.17) is 9.47 Å². The van der Waals surface area contributed by atoms with Gasteiger partial charge in [-0.25, -0.2) is 0 Å². The minimum absolute atomic E-state index is 0. The molecule has 0 saturated carbocycles. The van der Waals surface area contributed by atoms with Crippen LogP contribution in [0.4, 0.5) is 0 Å². The molecule has 1 aromatic carbocycles. The molecule has 1 aromatic rings. The van der Waals surface area contributed by atoms with Crippen molar-refractivity contribution in [1.29, 1.82) is 0 Å². The van der Waals surface area contributed by atoms with Crippen LogP contribution in [0.2, 0.25) is 0 Å². The van der Waals surface area contributed by atoms with Crippen molar-refractivity contribution in [3.05, 3.63) is 24.3 Å². The van der Waals surface area contributed by atoms with Gasteiger partial charge in [0, 0.05) is 11.5 Å². The zero-order valence-corrected chi connectivity index (χ0v) is 11.4. The molecule has 0 fully saturated rings. The molecule has 0 N–H and O–H groups in total. The van der Waals surface area contributed by atoms with Crippen LogP contribution in [-0.4, -0.2) is 13.2 Å². The fourth-order valence-corrected chi connectivity index (χ4v) is 2.04. The van der Waals surface area contributed by atoms with Crippen LogP contribution < -0.4 is 28.3 Å². The Kier molecular flexibility index (Phi) is 8.05. The van der Waals surface area contributed by atoms with Crippen LogP contribution in [0, 0.1) is 6.07 Å². The molecule has 0 unspecified atom stereocenters. The van der Waals surface area contributed by atoms with Crippen LogP contribution in [0.5, 0.6) is 11.5 Å². The molecule has 2 aliphatic rings. The second-order valence-electron chi connectivity index (χ2n) is 4.56. The first kappa shape index (κ1) is 15.5. The Balaban J connectivity index is 0.00000162. The summed E-state index contributed by atoms with van der Waals surface area (Å²) in [5, 5.41) is 0. The molecule has 2 nitrogen and oxygen atoms in total. The zero-order chi connectivity index (χ0) is 11.8. The molecule has 2 heterocycles. The standard InChI is InChI=1S/C15H21O2.Li/c1-2-4-6-12-16-14-8-10-15(11-9-14)17-13-7-5-3-1;/h8-10H,1-7,12-13H2;/q-1;+1. The van der Waals surface area contributed by atoms with Crippen LogP contribution in [-0.2, 0) is 0 Å². The zero-order valence-electron chi connectivity index (χ0n) is 11.4. The second-order valence-corrected chi connectivity index (χ2v) is 4.56. The van der Waals surface area contributed by atoms with Gasteiger partial charge in [-0.15, -0.1) is 24.3 Å². The third kappa shape index (κ3) is 5.84. The summed E-state index contributed by atoms with van der Waals surface area (Å²) in [4.78, 5) is 0. The predicted molar refractivity (Wildman–Crippen MR) is 68.6 cm³/mol. The van der Waals surface area contributed by atoms with E-state index in [1.807, 2.05) is 18.2 Å². The Hall–Kier alpha value is -0.583. The van der Waals surface area contributed by atoms with Gasteiger partial charge in [-0.3, -0.25) is 0 Å². The van der Waals surface area contributed by atoms with E-state index >= 15 is 0 Å². The van der Waals surface area contributed by atoms with Crippen LogP contribution >= 0.6 is 0 Å². The van der Waals surface area contributed by atoms with Gasteiger partial charge in [0.1, 0.15) is 0 Å². The number of hydrogen-bond donors (Lipinski definition) is 0. The van der Waals surface area contributed by atoms with Gasteiger partial charge >= 0.3 is 18.9 Å². The summed E-state index contributed by atoms with van der Waals surface area (Å²) < 4.78 is 11.3. The summed E-state index contributed by atoms with van der Waals surface area (Å²) in [6.45, 7) is 1.62. The van der Waals surface area contributed by atoms with E-state index in [0.29, 0.717) is 0 Å². The normalized spacial score (nSPS) is 17.6. The van der Waals surface area contributed by atoms with Crippen molar-refractivity contribution < 1.29 is 28.3 Å². The monoisotopic (exact) mass is 240 g/mol. The number of rotatable bonds is 0. The Morgan fingerprint density at radius 2 is 1.39 bits per heavy atom. The average Bonchev–Trinajstić information content (AvgIpc) is 2.38. The third-order valence-corrected chi connectivity index (χ3v) is 3.07. The maximum absolute atomic E-state index is 5.65. The van der Waals surface area contributed by atoms with Crippen molar-refractivity contribution >= 4 is 0 Å². The first-order valence-electron chi connectivity index (χ1n) is 6.72. The molecule has 18 heavy (non-hydrogen) atoms. The Morgan fingerprint density at radius 1 is 0.778 bits per heavy atom. The minimum Gasteiger partial charge on any atom is -0.551 e. The molecule has 94 valence electrons. The fraction of sp³-hybridized carbons (Fsp3) is 0.600. The van der Waals surface area contributed by atoms with Gasteiger partial charge in [0.25, 0.3) is 0 Å². The van der Waals surface area contributed by atoms with E-state index in [1.54, 1.807) is 0 Å². The first-order valence-corrected chi connectivity index (χ1v) is 6.72. The van der Waals surface area contributed by atoms with Crippen molar-refractivity contribution in [2.75, 3.05) is 13.2 Å². The van der Waals surface area contributed by atoms with Crippen LogP contribution in [0.15, 0.2) is 18.2 Å². The van der Waals surface area contributed by atoms with E-state index in [2.05, 4.69) is 6.07 Å². The van der Waals surface area contributed by atoms with Gasteiger partial charge in [-0.1, -0.05) is 32.1 Å². The SMILES string of the molecule is [Li+].[c-]1cc2ccc1OCCCCCCCCCO2. The molecule has 2 aliphatic heterocycles. The van der Waals surface area contributed by atoms with E-state index in [9.17, 15) is 0 Å². The fourth-order valence-electron chi connectivity index (χ4n) is 2.04. The second kappa shape index (κ2) is 9.36. The van der Waals surface area contributed by atoms with Crippen molar-refractivity contribution in [1.82, 2.24) is 0 Å². The molecule has 0 amide bonds. The number of hydrogen-bond acceptors (Lipinski definition) is 2. The summed E-state index contributed by atoms with van der Waals surface area (Å²) in [7, 11) is 0. The van der Waals surface area contributed by atoms with Gasteiger partial charge in [0.05, 0.1) is 13.2 Å². The predicted octanol–water partition coefficient (Wildman–Crippen LogP) is 0.993. The Bertz CT molecular complexity index is 280. The smallest absolute Gasteiger partial charge is 0.551 e. The molecular weight excluding hydrogens is 219 g/mol. The largest absolute Gasteiger partial charge is 1.00 e. The molecule has 3 heteroatoms. The first-order chi connectivity index (χ1) is 8.45. The number of ether oxygens (including phenoxy) is 2. The van der Waals surface area contributed by atoms with Gasteiger partial charge in [-0.05, 0) is 12.8 Å². The molecule has 3 rings (SSSR count). The quantitative estimate of drug-likeness (QED) is 0.497. The van der Waals surface area contributed by atoms with E-state index in [-0.39, 0.29) is 18.9 Å². The van der Waals surface area contributed by atoms with Crippen molar-refractivity contribution in [2.45, 2.75) is 44.9 Å². The minimum atomic E-state index is 0. The number of benzene rings is 1. The molecular formula is C15H21LiO2. The van der Waals surface area contributed by atoms with Gasteiger partial charge in [0.2, 0.25) is 0 Å². The molecule has 0 aliphatic carbocycles. The maximum atomic E-state index is 5.65. The van der Waals surface area contributed by atoms with Crippen LogP contribution in [0.25, 0.3) is 0 Å². The summed E-state index contributed by atoms with van der Waals surface area (Å²) in [6, 6.07) is 8.88. The summed E-state index contributed by atoms with van der Waals surface area (Å²) in [6.07, 6.45) is 8.84. The van der Waals surface area contributed by atoms with Crippen LogP contribution in [0.3, 0.4) is 0 Å². The van der Waals surface area contributed by atoms with Gasteiger partial charge in [0.15, 0.2) is 0 Å². The molecule has 0 saturated heterocycles. The summed E-state index contributed by atoms with van der Waals surface area (Å²) in [5.41, 5.74) is 0. The van der Waals surface area contributed by atoms with E-state index in [1.165, 1.54) is 32.1 Å². The van der Waals surface area contributed by atoms with E-state index < -0.39 is 0 Å². The maximum Gasteiger partial charge on any atom is 1.00 e. The topological polar surface area (TPSA) is 18.5 Å². The van der Waals surface area contributed by atoms with E-state index in [0.717, 1.165) is 37.6 Å². The molecule has 0 spiro atoms. The number of fused-ring (bicyclic) bond motifs is 12. The van der Waals surface area contributed by atoms with Crippen molar-refractivity contribution in [3.63, 3.8) is 0 Å². The third-order valence-electron chi connectivity index (χ3n) is 3.07. The Morgan fingerprint density at radius 3 is 2.00 bits per heavy atom. The van der Waals surface area contributed by atoms with Crippen molar-refractivity contribution in [3.8, 4) is 11.5 Å². The summed E-state index contributed by atoms with van der Waals surface area (Å²) >= 11 is 0. The average molecular weight is 240 g/mol. The molecule has 0 radical (unpaired) electrons. The van der Waals surface area contributed by atoms with Gasteiger partial charge in [-0.2, -0.15) is 0 Å². The molecule has 0 atom stereocenters. The Labute approximate surface area is 122 Å². The molecule has 0 aromatic heterocycles. The van der Waals surface area contributed by atoms with Gasteiger partial charge < -0.3 is 9.47 Å². The molecule has 2 bridgehead atoms. The van der Waals surface area contributed by atoms with Crippen molar-refractivity contribution in [2.24, 2.45) is 0 Å². The van der Waals surface area contributed by atoms with Crippen LogP contribution in [0.1, 0.15) is 44.9 Å².